The number of hydrogen-bond acceptors (Lipinski definition) is 2. The third-order valence-electron chi connectivity index (χ3n) is 3.62. The number of rotatable bonds is 2. The van der Waals surface area contributed by atoms with Crippen LogP contribution in [0.4, 0.5) is 13.2 Å². The van der Waals surface area contributed by atoms with Crippen molar-refractivity contribution in [3.8, 4) is 5.69 Å². The lowest BCUT2D eigenvalue weighted by Crippen LogP contribution is -2.24. The number of guanidine groups is 1. The molecule has 0 spiro atoms. The van der Waals surface area contributed by atoms with E-state index >= 15 is 0 Å². The number of nitrogens with two attached hydrogens (primary N) is 2. The SMILES string of the molecule is Cc1cc(-n2cnc(C)c2C)c(C(F)(F)F)cc1C(=O)N=C(N)N.Cl.Cl. The Morgan fingerprint density at radius 3 is 2.15 bits per heavy atom. The van der Waals surface area contributed by atoms with Gasteiger partial charge in [-0.05, 0) is 38.5 Å². The van der Waals surface area contributed by atoms with Gasteiger partial charge in [-0.3, -0.25) is 4.79 Å². The lowest BCUT2D eigenvalue weighted by atomic mass is 10.0. The second-order valence-corrected chi connectivity index (χ2v) is 5.31. The van der Waals surface area contributed by atoms with Gasteiger partial charge in [-0.25, -0.2) is 4.98 Å². The quantitative estimate of drug-likeness (QED) is 0.585. The molecule has 0 atom stereocenters. The summed E-state index contributed by atoms with van der Waals surface area (Å²) in [6.07, 6.45) is -3.35. The zero-order chi connectivity index (χ0) is 18.2. The second kappa shape index (κ2) is 8.41. The fourth-order valence-electron chi connectivity index (χ4n) is 2.27. The average molecular weight is 412 g/mol. The van der Waals surface area contributed by atoms with Crippen molar-refractivity contribution in [1.29, 1.82) is 0 Å². The molecule has 0 saturated carbocycles. The van der Waals surface area contributed by atoms with Gasteiger partial charge in [0.15, 0.2) is 5.96 Å². The molecule has 11 heteroatoms. The van der Waals surface area contributed by atoms with Crippen LogP contribution < -0.4 is 11.5 Å². The predicted octanol–water partition coefficient (Wildman–Crippen LogP) is 3.07. The fourth-order valence-corrected chi connectivity index (χ4v) is 2.27. The highest BCUT2D eigenvalue weighted by atomic mass is 35.5. The minimum absolute atomic E-state index is 0. The molecule has 26 heavy (non-hydrogen) atoms. The van der Waals surface area contributed by atoms with Crippen LogP contribution >= 0.6 is 24.8 Å². The first kappa shape index (κ1) is 23.7. The van der Waals surface area contributed by atoms with Crippen molar-refractivity contribution < 1.29 is 18.0 Å². The maximum Gasteiger partial charge on any atom is 0.418 e. The summed E-state index contributed by atoms with van der Waals surface area (Å²) in [4.78, 5) is 19.3. The number of aryl methyl sites for hydroxylation is 2. The van der Waals surface area contributed by atoms with Gasteiger partial charge >= 0.3 is 6.18 Å². The molecule has 1 heterocycles. The van der Waals surface area contributed by atoms with E-state index in [-0.39, 0.29) is 36.1 Å². The molecule has 4 N–H and O–H groups in total. The number of hydrogen-bond donors (Lipinski definition) is 2. The zero-order valence-electron chi connectivity index (χ0n) is 14.1. The molecule has 6 nitrogen and oxygen atoms in total. The molecule has 1 amide bonds. The smallest absolute Gasteiger partial charge is 0.370 e. The van der Waals surface area contributed by atoms with Gasteiger partial charge in [-0.15, -0.1) is 24.8 Å². The first-order valence-corrected chi connectivity index (χ1v) is 6.89. The van der Waals surface area contributed by atoms with E-state index in [1.807, 2.05) is 0 Å². The number of alkyl halides is 3. The Hall–Kier alpha value is -2.26. The second-order valence-electron chi connectivity index (χ2n) is 5.31. The number of halogens is 5. The van der Waals surface area contributed by atoms with E-state index in [9.17, 15) is 18.0 Å². The van der Waals surface area contributed by atoms with E-state index in [4.69, 9.17) is 11.5 Å². The molecular weight excluding hydrogens is 394 g/mol. The minimum Gasteiger partial charge on any atom is -0.370 e. The summed E-state index contributed by atoms with van der Waals surface area (Å²) in [5.74, 6) is -1.44. The van der Waals surface area contributed by atoms with Crippen molar-refractivity contribution >= 4 is 36.7 Å². The van der Waals surface area contributed by atoms with Gasteiger partial charge in [0.25, 0.3) is 5.91 Å². The summed E-state index contributed by atoms with van der Waals surface area (Å²) in [5, 5.41) is 0. The lowest BCUT2D eigenvalue weighted by Gasteiger charge is -2.17. The maximum absolute atomic E-state index is 13.5. The van der Waals surface area contributed by atoms with Gasteiger partial charge in [0.2, 0.25) is 0 Å². The summed E-state index contributed by atoms with van der Waals surface area (Å²) in [6, 6.07) is 2.03. The number of benzene rings is 1. The minimum atomic E-state index is -4.67. The zero-order valence-corrected chi connectivity index (χ0v) is 15.7. The molecule has 0 aliphatic heterocycles. The van der Waals surface area contributed by atoms with E-state index in [0.29, 0.717) is 17.0 Å². The number of carbonyl (C=O) groups is 1. The van der Waals surface area contributed by atoms with Crippen LogP contribution in [0.1, 0.15) is 32.9 Å². The first-order chi connectivity index (χ1) is 11.0. The van der Waals surface area contributed by atoms with Gasteiger partial charge < -0.3 is 16.0 Å². The Morgan fingerprint density at radius 1 is 1.15 bits per heavy atom. The maximum atomic E-state index is 13.5. The van der Waals surface area contributed by atoms with Crippen LogP contribution in [0.5, 0.6) is 0 Å². The Balaban J connectivity index is 0.00000312. The van der Waals surface area contributed by atoms with Gasteiger partial charge in [0.1, 0.15) is 0 Å². The highest BCUT2D eigenvalue weighted by Gasteiger charge is 2.35. The largest absolute Gasteiger partial charge is 0.418 e. The van der Waals surface area contributed by atoms with Crippen molar-refractivity contribution in [2.75, 3.05) is 0 Å². The molecule has 0 unspecified atom stereocenters. The third kappa shape index (κ3) is 4.67. The van der Waals surface area contributed by atoms with E-state index in [0.717, 1.165) is 6.07 Å². The molecule has 2 aromatic rings. The van der Waals surface area contributed by atoms with Gasteiger partial charge in [0.05, 0.1) is 23.3 Å². The highest BCUT2D eigenvalue weighted by molar-refractivity contribution is 6.03. The Labute approximate surface area is 160 Å². The highest BCUT2D eigenvalue weighted by Crippen LogP contribution is 2.36. The topological polar surface area (TPSA) is 99.3 Å². The van der Waals surface area contributed by atoms with E-state index in [1.54, 1.807) is 13.8 Å². The van der Waals surface area contributed by atoms with Gasteiger partial charge in [-0.2, -0.15) is 18.2 Å². The van der Waals surface area contributed by atoms with E-state index in [2.05, 4.69) is 9.98 Å². The lowest BCUT2D eigenvalue weighted by molar-refractivity contribution is -0.137. The molecule has 0 aliphatic rings. The molecular formula is C15H18Cl2F3N5O. The van der Waals surface area contributed by atoms with Gasteiger partial charge in [0, 0.05) is 11.3 Å². The summed E-state index contributed by atoms with van der Waals surface area (Å²) in [5.41, 5.74) is 10.4. The molecule has 144 valence electrons. The van der Waals surface area contributed by atoms with Crippen LogP contribution in [0.2, 0.25) is 0 Å². The Bertz CT molecular complexity index is 843. The van der Waals surface area contributed by atoms with Crippen molar-refractivity contribution in [3.05, 3.63) is 46.5 Å². The van der Waals surface area contributed by atoms with Crippen LogP contribution in [-0.2, 0) is 6.18 Å². The van der Waals surface area contributed by atoms with Crippen LogP contribution in [0.3, 0.4) is 0 Å². The predicted molar refractivity (Wildman–Crippen MR) is 97.4 cm³/mol. The molecule has 2 rings (SSSR count). The number of nitrogens with zero attached hydrogens (tertiary/aromatic N) is 3. The Kier molecular flexibility index (Phi) is 7.68. The van der Waals surface area contributed by atoms with Crippen LogP contribution in [0, 0.1) is 20.8 Å². The molecule has 1 aromatic carbocycles. The fraction of sp³-hybridized carbons (Fsp3) is 0.267. The normalized spacial score (nSPS) is 10.5. The number of carbonyl (C=O) groups excluding carboxylic acids is 1. The van der Waals surface area contributed by atoms with E-state index < -0.39 is 23.6 Å². The third-order valence-corrected chi connectivity index (χ3v) is 3.62. The van der Waals surface area contributed by atoms with Crippen LogP contribution in [0.25, 0.3) is 5.69 Å². The summed E-state index contributed by atoms with van der Waals surface area (Å²) in [7, 11) is 0. The average Bonchev–Trinajstić information content (AvgIpc) is 2.76. The number of aromatic nitrogens is 2. The molecule has 0 aliphatic carbocycles. The molecule has 0 bridgehead atoms. The van der Waals surface area contributed by atoms with Gasteiger partial charge in [-0.1, -0.05) is 0 Å². The number of imidazole rings is 1. The number of aliphatic imine (C=N–C) groups is 1. The summed E-state index contributed by atoms with van der Waals surface area (Å²) >= 11 is 0. The first-order valence-electron chi connectivity index (χ1n) is 6.89. The van der Waals surface area contributed by atoms with Crippen LogP contribution in [-0.4, -0.2) is 21.4 Å². The van der Waals surface area contributed by atoms with Crippen LogP contribution in [0.15, 0.2) is 23.5 Å². The summed E-state index contributed by atoms with van der Waals surface area (Å²) in [6.45, 7) is 4.87. The monoisotopic (exact) mass is 411 g/mol. The van der Waals surface area contributed by atoms with Crippen molar-refractivity contribution in [2.24, 2.45) is 16.5 Å². The Morgan fingerprint density at radius 2 is 1.73 bits per heavy atom. The standard InChI is InChI=1S/C15H16F3N5O.2ClH/c1-7-4-12(23-6-21-8(2)9(23)3)11(15(16,17)18)5-10(7)13(24)22-14(19)20;;/h4-6H,1-3H3,(H4,19,20,22,24);2*1H. The molecule has 0 fully saturated rings. The van der Waals surface area contributed by atoms with Crippen molar-refractivity contribution in [2.45, 2.75) is 26.9 Å². The van der Waals surface area contributed by atoms with Crippen molar-refractivity contribution in [3.63, 3.8) is 0 Å². The van der Waals surface area contributed by atoms with E-state index in [1.165, 1.54) is 23.9 Å². The van der Waals surface area contributed by atoms with Crippen molar-refractivity contribution in [1.82, 2.24) is 9.55 Å². The summed E-state index contributed by atoms with van der Waals surface area (Å²) < 4.78 is 41.8. The molecule has 0 saturated heterocycles. The molecule has 1 aromatic heterocycles. The number of amides is 1. The molecule has 0 radical (unpaired) electrons.